The molecular weight excluding hydrogens is 279 g/mol. The van der Waals surface area contributed by atoms with E-state index in [1.54, 1.807) is 0 Å². The maximum absolute atomic E-state index is 13.3. The normalized spacial score (nSPS) is 22.0. The summed E-state index contributed by atoms with van der Waals surface area (Å²) in [5, 5.41) is 10.1. The van der Waals surface area contributed by atoms with Crippen molar-refractivity contribution in [2.45, 2.75) is 18.4 Å². The highest BCUT2D eigenvalue weighted by Gasteiger charge is 2.40. The van der Waals surface area contributed by atoms with E-state index in [-0.39, 0.29) is 24.3 Å². The van der Waals surface area contributed by atoms with E-state index < -0.39 is 23.2 Å². The van der Waals surface area contributed by atoms with Crippen LogP contribution in [0, 0.1) is 5.82 Å². The van der Waals surface area contributed by atoms with Gasteiger partial charge in [0.1, 0.15) is 11.6 Å². The predicted octanol–water partition coefficient (Wildman–Crippen LogP) is 0.287. The monoisotopic (exact) mass is 296 g/mol. The number of nitrogens with zero attached hydrogens (tertiary/aromatic N) is 1. The van der Waals surface area contributed by atoms with Gasteiger partial charge in [0, 0.05) is 6.54 Å². The van der Waals surface area contributed by atoms with Crippen LogP contribution in [0.2, 0.25) is 0 Å². The van der Waals surface area contributed by atoms with Gasteiger partial charge < -0.3 is 20.5 Å². The molecule has 1 aromatic carbocycles. The minimum absolute atomic E-state index is 0.0474. The quantitative estimate of drug-likeness (QED) is 0.838. The van der Waals surface area contributed by atoms with Crippen molar-refractivity contribution in [2.24, 2.45) is 5.73 Å². The van der Waals surface area contributed by atoms with Crippen molar-refractivity contribution in [2.75, 3.05) is 20.2 Å². The van der Waals surface area contributed by atoms with Gasteiger partial charge in [-0.15, -0.1) is 0 Å². The van der Waals surface area contributed by atoms with Crippen LogP contribution in [0.3, 0.4) is 0 Å². The average Bonchev–Trinajstić information content (AvgIpc) is 2.46. The van der Waals surface area contributed by atoms with Gasteiger partial charge in [0.05, 0.1) is 19.2 Å². The van der Waals surface area contributed by atoms with Crippen LogP contribution in [0.5, 0.6) is 5.75 Å². The molecule has 1 aromatic rings. The molecule has 1 aliphatic rings. The predicted molar refractivity (Wildman–Crippen MR) is 72.2 cm³/mol. The molecule has 1 heterocycles. The number of piperidine rings is 1. The van der Waals surface area contributed by atoms with Crippen molar-refractivity contribution in [3.05, 3.63) is 29.6 Å². The maximum Gasteiger partial charge on any atom is 0.257 e. The molecular formula is C14H17FN2O4. The largest absolute Gasteiger partial charge is 0.496 e. The van der Waals surface area contributed by atoms with Crippen LogP contribution in [-0.2, 0) is 4.79 Å². The Morgan fingerprint density at radius 1 is 1.48 bits per heavy atom. The molecule has 3 N–H and O–H groups in total. The highest BCUT2D eigenvalue weighted by atomic mass is 19.1. The number of aliphatic hydroxyl groups is 1. The van der Waals surface area contributed by atoms with Crippen molar-refractivity contribution in [3.8, 4) is 5.75 Å². The minimum Gasteiger partial charge on any atom is -0.496 e. The van der Waals surface area contributed by atoms with Crippen LogP contribution in [0.15, 0.2) is 18.2 Å². The van der Waals surface area contributed by atoms with Gasteiger partial charge >= 0.3 is 0 Å². The van der Waals surface area contributed by atoms with E-state index in [1.807, 2.05) is 0 Å². The molecule has 21 heavy (non-hydrogen) atoms. The molecule has 0 spiro atoms. The van der Waals surface area contributed by atoms with Gasteiger partial charge in [0.25, 0.3) is 11.8 Å². The summed E-state index contributed by atoms with van der Waals surface area (Å²) >= 11 is 0. The van der Waals surface area contributed by atoms with E-state index in [2.05, 4.69) is 0 Å². The summed E-state index contributed by atoms with van der Waals surface area (Å²) in [7, 11) is 1.37. The lowest BCUT2D eigenvalue weighted by atomic mass is 9.91. The fourth-order valence-corrected chi connectivity index (χ4v) is 2.43. The van der Waals surface area contributed by atoms with Crippen LogP contribution in [0.1, 0.15) is 23.2 Å². The first-order valence-corrected chi connectivity index (χ1v) is 6.52. The molecule has 1 fully saturated rings. The highest BCUT2D eigenvalue weighted by Crippen LogP contribution is 2.26. The average molecular weight is 296 g/mol. The number of β-amino-alcohol motifs (C(OH)–C–C–N with tert-alkyl or cyclic N) is 1. The van der Waals surface area contributed by atoms with Crippen LogP contribution < -0.4 is 10.5 Å². The minimum atomic E-state index is -1.74. The molecule has 1 saturated heterocycles. The van der Waals surface area contributed by atoms with Crippen molar-refractivity contribution in [1.82, 2.24) is 4.90 Å². The third-order valence-corrected chi connectivity index (χ3v) is 3.61. The number of amides is 2. The molecule has 0 unspecified atom stereocenters. The lowest BCUT2D eigenvalue weighted by Crippen LogP contribution is -2.57. The van der Waals surface area contributed by atoms with Crippen molar-refractivity contribution in [1.29, 1.82) is 0 Å². The number of nitrogens with two attached hydrogens (primary N) is 1. The molecule has 1 aliphatic heterocycles. The molecule has 0 radical (unpaired) electrons. The first kappa shape index (κ1) is 15.2. The Balaban J connectivity index is 2.28. The zero-order chi connectivity index (χ0) is 15.6. The molecule has 0 aromatic heterocycles. The van der Waals surface area contributed by atoms with Gasteiger partial charge in [0.2, 0.25) is 0 Å². The van der Waals surface area contributed by atoms with Crippen LogP contribution in [0.25, 0.3) is 0 Å². The third-order valence-electron chi connectivity index (χ3n) is 3.61. The van der Waals surface area contributed by atoms with E-state index in [9.17, 15) is 19.1 Å². The zero-order valence-corrected chi connectivity index (χ0v) is 11.6. The van der Waals surface area contributed by atoms with Gasteiger partial charge in [0.15, 0.2) is 5.60 Å². The molecule has 0 bridgehead atoms. The van der Waals surface area contributed by atoms with Gasteiger partial charge in [-0.3, -0.25) is 9.59 Å². The lowest BCUT2D eigenvalue weighted by molar-refractivity contribution is -0.140. The van der Waals surface area contributed by atoms with E-state index >= 15 is 0 Å². The number of benzene rings is 1. The summed E-state index contributed by atoms with van der Waals surface area (Å²) in [5.41, 5.74) is 3.48. The van der Waals surface area contributed by atoms with Crippen LogP contribution >= 0.6 is 0 Å². The summed E-state index contributed by atoms with van der Waals surface area (Å²) in [6, 6.07) is 3.61. The molecule has 0 aliphatic carbocycles. The molecule has 6 nitrogen and oxygen atoms in total. The smallest absolute Gasteiger partial charge is 0.257 e. The fourth-order valence-electron chi connectivity index (χ4n) is 2.43. The number of methoxy groups -OCH3 is 1. The summed E-state index contributed by atoms with van der Waals surface area (Å²) < 4.78 is 18.4. The number of carbonyl (C=O) groups is 2. The van der Waals surface area contributed by atoms with Gasteiger partial charge in [-0.05, 0) is 31.0 Å². The highest BCUT2D eigenvalue weighted by molar-refractivity contribution is 5.97. The Labute approximate surface area is 121 Å². The molecule has 0 saturated carbocycles. The molecule has 2 rings (SSSR count). The topological polar surface area (TPSA) is 92.9 Å². The Morgan fingerprint density at radius 3 is 2.81 bits per heavy atom. The molecule has 114 valence electrons. The summed E-state index contributed by atoms with van der Waals surface area (Å²) in [5.74, 6) is -1.71. The SMILES string of the molecule is COc1ccc(F)cc1C(=O)N1CCC[C@@](O)(C(N)=O)C1. The number of likely N-dealkylation sites (tertiary alicyclic amines) is 1. The lowest BCUT2D eigenvalue weighted by Gasteiger charge is -2.37. The number of primary amides is 1. The maximum atomic E-state index is 13.3. The van der Waals surface area contributed by atoms with Crippen molar-refractivity contribution < 1.29 is 23.8 Å². The van der Waals surface area contributed by atoms with E-state index in [0.29, 0.717) is 13.0 Å². The van der Waals surface area contributed by atoms with E-state index in [0.717, 1.165) is 6.07 Å². The van der Waals surface area contributed by atoms with E-state index in [4.69, 9.17) is 10.5 Å². The van der Waals surface area contributed by atoms with Crippen LogP contribution in [0.4, 0.5) is 4.39 Å². The number of hydrogen-bond acceptors (Lipinski definition) is 4. The Hall–Kier alpha value is -2.15. The molecule has 1 atom stereocenters. The number of carbonyl (C=O) groups excluding carboxylic acids is 2. The Kier molecular flexibility index (Phi) is 4.13. The second-order valence-electron chi connectivity index (χ2n) is 5.07. The molecule has 2 amide bonds. The van der Waals surface area contributed by atoms with E-state index in [1.165, 1.54) is 24.1 Å². The molecule has 7 heteroatoms. The fraction of sp³-hybridized carbons (Fsp3) is 0.429. The Bertz CT molecular complexity index is 578. The number of ether oxygens (including phenoxy) is 1. The third kappa shape index (κ3) is 2.97. The van der Waals surface area contributed by atoms with Crippen LogP contribution in [-0.4, -0.2) is 47.6 Å². The first-order valence-electron chi connectivity index (χ1n) is 6.52. The number of halogens is 1. The zero-order valence-electron chi connectivity index (χ0n) is 11.6. The first-order chi connectivity index (χ1) is 9.87. The second-order valence-corrected chi connectivity index (χ2v) is 5.07. The van der Waals surface area contributed by atoms with Crippen molar-refractivity contribution >= 4 is 11.8 Å². The van der Waals surface area contributed by atoms with Gasteiger partial charge in [-0.25, -0.2) is 4.39 Å². The standard InChI is InChI=1S/C14H17FN2O4/c1-21-11-4-3-9(15)7-10(11)12(18)17-6-2-5-14(20,8-17)13(16)19/h3-4,7,20H,2,5-6,8H2,1H3,(H2,16,19)/t14-/m0/s1. The summed E-state index contributed by atoms with van der Waals surface area (Å²) in [6.07, 6.45) is 0.634. The summed E-state index contributed by atoms with van der Waals surface area (Å²) in [4.78, 5) is 25.0. The second kappa shape index (κ2) is 5.69. The van der Waals surface area contributed by atoms with Gasteiger partial charge in [-0.1, -0.05) is 0 Å². The van der Waals surface area contributed by atoms with Crippen molar-refractivity contribution in [3.63, 3.8) is 0 Å². The van der Waals surface area contributed by atoms with Gasteiger partial charge in [-0.2, -0.15) is 0 Å². The Morgan fingerprint density at radius 2 is 2.19 bits per heavy atom. The summed E-state index contributed by atoms with van der Waals surface area (Å²) in [6.45, 7) is 0.148. The number of hydrogen-bond donors (Lipinski definition) is 2. The number of rotatable bonds is 3.